The first-order valence-corrected chi connectivity index (χ1v) is 8.82. The summed E-state index contributed by atoms with van der Waals surface area (Å²) in [6.45, 7) is 1.65. The Morgan fingerprint density at radius 2 is 1.76 bits per heavy atom. The summed E-state index contributed by atoms with van der Waals surface area (Å²) in [7, 11) is 0. The second-order valence-corrected chi connectivity index (χ2v) is 6.20. The molecule has 162 valence electrons. The van der Waals surface area contributed by atoms with Crippen molar-refractivity contribution in [2.45, 2.75) is 24.3 Å². The minimum atomic E-state index is -4.68. The van der Waals surface area contributed by atoms with Gasteiger partial charge in [0.2, 0.25) is 0 Å². The van der Waals surface area contributed by atoms with Crippen molar-refractivity contribution in [1.29, 1.82) is 0 Å². The predicted molar refractivity (Wildman–Crippen MR) is 94.5 cm³/mol. The third-order valence-electron chi connectivity index (χ3n) is 4.04. The molecule has 0 saturated carbocycles. The lowest BCUT2D eigenvalue weighted by atomic mass is 9.97. The monoisotopic (exact) mass is 420 g/mol. The Bertz CT molecular complexity index is 724. The molecule has 1 aliphatic rings. The Kier molecular flexibility index (Phi) is 7.90. The van der Waals surface area contributed by atoms with Crippen LogP contribution in [-0.2, 0) is 26.4 Å². The van der Waals surface area contributed by atoms with Crippen molar-refractivity contribution in [3.05, 3.63) is 29.3 Å². The highest BCUT2D eigenvalue weighted by molar-refractivity contribution is 5.73. The Morgan fingerprint density at radius 3 is 2.31 bits per heavy atom. The average molecular weight is 420 g/mol. The van der Waals surface area contributed by atoms with E-state index in [4.69, 9.17) is 30.8 Å². The van der Waals surface area contributed by atoms with Crippen molar-refractivity contribution >= 4 is 5.97 Å². The van der Waals surface area contributed by atoms with E-state index in [1.54, 1.807) is 0 Å². The first-order valence-electron chi connectivity index (χ1n) is 8.82. The van der Waals surface area contributed by atoms with Gasteiger partial charge in [0.05, 0.1) is 26.4 Å². The molecule has 0 aliphatic carbocycles. The summed E-state index contributed by atoms with van der Waals surface area (Å²) in [5.41, 5.74) is 8.35. The normalized spacial score (nSPS) is 15.9. The van der Waals surface area contributed by atoms with Crippen LogP contribution in [0.4, 0.5) is 13.2 Å². The number of carbonyl (C=O) groups is 1. The Balaban J connectivity index is 2.03. The number of rotatable bonds is 13. The van der Waals surface area contributed by atoms with Gasteiger partial charge >= 0.3 is 17.8 Å². The molecule has 1 aliphatic heterocycles. The van der Waals surface area contributed by atoms with Crippen LogP contribution in [-0.4, -0.2) is 62.9 Å². The zero-order chi connectivity index (χ0) is 21.5. The van der Waals surface area contributed by atoms with Crippen LogP contribution >= 0.6 is 0 Å². The quantitative estimate of drug-likeness (QED) is 0.407. The summed E-state index contributed by atoms with van der Waals surface area (Å²) < 4.78 is 55.7. The van der Waals surface area contributed by atoms with Gasteiger partial charge in [0, 0.05) is 18.5 Å². The van der Waals surface area contributed by atoms with E-state index in [0.717, 1.165) is 6.07 Å². The number of benzene rings is 1. The number of ether oxygens (including phenoxy) is 3. The lowest BCUT2D eigenvalue weighted by Crippen LogP contribution is -2.33. The molecule has 0 amide bonds. The molecular weight excluding hydrogens is 397 g/mol. The molecule has 0 bridgehead atoms. The van der Waals surface area contributed by atoms with Gasteiger partial charge in [-0.2, -0.15) is 13.2 Å². The summed E-state index contributed by atoms with van der Waals surface area (Å²) in [6.07, 6.45) is -4.80. The number of aliphatic carboxylic acids is 1. The number of carboxylic acids is 1. The van der Waals surface area contributed by atoms with Crippen LogP contribution in [0.3, 0.4) is 0 Å². The lowest BCUT2D eigenvalue weighted by molar-refractivity contribution is -0.166. The summed E-state index contributed by atoms with van der Waals surface area (Å²) in [4.78, 5) is 11.0. The molecule has 0 unspecified atom stereocenters. The summed E-state index contributed by atoms with van der Waals surface area (Å²) >= 11 is 0. The van der Waals surface area contributed by atoms with E-state index in [0.29, 0.717) is 31.9 Å². The van der Waals surface area contributed by atoms with Crippen LogP contribution in [0.25, 0.3) is 0 Å². The summed E-state index contributed by atoms with van der Waals surface area (Å²) in [6, 6.07) is 2.45. The second-order valence-electron chi connectivity index (χ2n) is 6.20. The first kappa shape index (κ1) is 23.0. The minimum Gasteiger partial charge on any atom is -0.491 e. The van der Waals surface area contributed by atoms with Gasteiger partial charge < -0.3 is 30.8 Å². The number of nitrogens with two attached hydrogens (primary N) is 2. The molecule has 2 rings (SSSR count). The number of carboxylic acid groups (broad SMARTS) is 1. The van der Waals surface area contributed by atoms with Gasteiger partial charge in [0.25, 0.3) is 0 Å². The smallest absolute Gasteiger partial charge is 0.442 e. The van der Waals surface area contributed by atoms with Crippen LogP contribution in [0.1, 0.15) is 11.1 Å². The van der Waals surface area contributed by atoms with E-state index < -0.39 is 23.9 Å². The van der Waals surface area contributed by atoms with E-state index in [9.17, 15) is 18.0 Å². The van der Waals surface area contributed by atoms with Crippen LogP contribution < -0.4 is 16.2 Å². The van der Waals surface area contributed by atoms with E-state index in [1.165, 1.54) is 12.1 Å². The predicted octanol–water partition coefficient (Wildman–Crippen LogP) is 1.19. The molecule has 1 aromatic carbocycles. The number of alkyl halides is 3. The largest absolute Gasteiger partial charge is 0.491 e. The van der Waals surface area contributed by atoms with E-state index in [-0.39, 0.29) is 30.9 Å². The number of hydrogen-bond acceptors (Lipinski definition) is 8. The van der Waals surface area contributed by atoms with Gasteiger partial charge in [-0.05, 0) is 11.6 Å². The average Bonchev–Trinajstić information content (AvgIpc) is 3.46. The highest BCUT2D eigenvalue weighted by atomic mass is 19.4. The lowest BCUT2D eigenvalue weighted by Gasteiger charge is -2.18. The summed E-state index contributed by atoms with van der Waals surface area (Å²) in [5, 5.41) is 15.3. The molecule has 5 N–H and O–H groups in total. The molecule has 9 nitrogen and oxygen atoms in total. The molecular formula is C17H23F3N4O5. The highest BCUT2D eigenvalue weighted by Gasteiger charge is 2.65. The molecule has 1 atom stereocenters. The highest BCUT2D eigenvalue weighted by Crippen LogP contribution is 2.53. The van der Waals surface area contributed by atoms with Crippen molar-refractivity contribution in [2.75, 3.05) is 39.6 Å². The van der Waals surface area contributed by atoms with Crippen molar-refractivity contribution in [3.8, 4) is 5.75 Å². The third kappa shape index (κ3) is 6.10. The molecule has 0 fully saturated rings. The van der Waals surface area contributed by atoms with E-state index in [2.05, 4.69) is 10.2 Å². The molecule has 0 aromatic heterocycles. The topological polar surface area (TPSA) is 142 Å². The van der Waals surface area contributed by atoms with Crippen LogP contribution in [0.15, 0.2) is 28.4 Å². The van der Waals surface area contributed by atoms with Gasteiger partial charge in [-0.25, -0.2) is 0 Å². The van der Waals surface area contributed by atoms with Crippen molar-refractivity contribution in [2.24, 2.45) is 21.7 Å². The molecule has 1 aromatic rings. The van der Waals surface area contributed by atoms with E-state index >= 15 is 0 Å². The molecule has 0 radical (unpaired) electrons. The minimum absolute atomic E-state index is 0.0307. The third-order valence-corrected chi connectivity index (χ3v) is 4.04. The molecule has 29 heavy (non-hydrogen) atoms. The fourth-order valence-electron chi connectivity index (χ4n) is 2.46. The fraction of sp³-hybridized carbons (Fsp3) is 0.588. The number of nitrogens with zero attached hydrogens (tertiary/aromatic N) is 2. The molecule has 12 heteroatoms. The van der Waals surface area contributed by atoms with Crippen molar-refractivity contribution in [3.63, 3.8) is 0 Å². The van der Waals surface area contributed by atoms with Gasteiger partial charge in [-0.3, -0.25) is 4.79 Å². The zero-order valence-corrected chi connectivity index (χ0v) is 15.5. The van der Waals surface area contributed by atoms with Crippen LogP contribution in [0.2, 0.25) is 0 Å². The summed E-state index contributed by atoms with van der Waals surface area (Å²) in [5.74, 6) is -1.16. The molecule has 1 heterocycles. The standard InChI is InChI=1S/C17H23F3N4O5/c18-17(19,20)16(23-24-16)12-2-1-11(9-13(22)15(25)26)14(10-12)29-8-7-28-6-5-27-4-3-21/h1-2,10,13H,3-9,21-22H2,(H,25,26)/t13-/m0/s1. The Morgan fingerprint density at radius 1 is 1.14 bits per heavy atom. The fourth-order valence-corrected chi connectivity index (χ4v) is 2.46. The Hall–Kier alpha value is -2.28. The van der Waals surface area contributed by atoms with Crippen molar-refractivity contribution in [1.82, 2.24) is 0 Å². The van der Waals surface area contributed by atoms with Gasteiger partial charge in [0.15, 0.2) is 0 Å². The van der Waals surface area contributed by atoms with Gasteiger partial charge in [-0.1, -0.05) is 12.1 Å². The zero-order valence-electron chi connectivity index (χ0n) is 15.5. The maximum absolute atomic E-state index is 13.2. The maximum atomic E-state index is 13.2. The molecule has 0 spiro atoms. The van der Waals surface area contributed by atoms with Gasteiger partial charge in [0.1, 0.15) is 18.4 Å². The number of hydrogen-bond donors (Lipinski definition) is 3. The van der Waals surface area contributed by atoms with Gasteiger partial charge in [-0.15, -0.1) is 10.2 Å². The Labute approximate surface area is 164 Å². The van der Waals surface area contributed by atoms with E-state index in [1.807, 2.05) is 0 Å². The molecule has 0 saturated heterocycles. The first-order chi connectivity index (χ1) is 13.7. The maximum Gasteiger partial charge on any atom is 0.442 e. The second kappa shape index (κ2) is 9.96. The number of halogens is 3. The van der Waals surface area contributed by atoms with Crippen LogP contribution in [0.5, 0.6) is 5.75 Å². The SMILES string of the molecule is NCCOCCOCCOc1cc(C2(C(F)(F)F)N=N2)ccc1C[C@H](N)C(=O)O. The van der Waals surface area contributed by atoms with Crippen molar-refractivity contribution < 1.29 is 37.3 Å². The van der Waals surface area contributed by atoms with Crippen LogP contribution in [0, 0.1) is 0 Å².